The van der Waals surface area contributed by atoms with Gasteiger partial charge in [-0.2, -0.15) is 0 Å². The number of nitrogens with zero attached hydrogens (tertiary/aromatic N) is 1. The first-order valence-corrected chi connectivity index (χ1v) is 7.34. The van der Waals surface area contributed by atoms with Crippen LogP contribution in [-0.2, 0) is 5.54 Å². The number of aryl methyl sites for hydroxylation is 1. The van der Waals surface area contributed by atoms with E-state index in [1.807, 2.05) is 0 Å². The van der Waals surface area contributed by atoms with Gasteiger partial charge in [-0.3, -0.25) is 0 Å². The first kappa shape index (κ1) is 15.9. The molecule has 0 amide bonds. The normalized spacial score (nSPS) is 17.5. The first-order chi connectivity index (χ1) is 8.08. The number of hydrogen-bond donors (Lipinski definition) is 2. The molecule has 2 heterocycles. The predicted octanol–water partition coefficient (Wildman–Crippen LogP) is 2.70. The second-order valence-corrected chi connectivity index (χ2v) is 6.35. The third-order valence-electron chi connectivity index (χ3n) is 3.45. The van der Waals surface area contributed by atoms with Crippen molar-refractivity contribution in [1.82, 2.24) is 15.6 Å². The molecule has 1 saturated heterocycles. The molecule has 1 fully saturated rings. The summed E-state index contributed by atoms with van der Waals surface area (Å²) in [5.41, 5.74) is 1.13. The second-order valence-electron chi connectivity index (χ2n) is 5.49. The van der Waals surface area contributed by atoms with Crippen LogP contribution in [0.15, 0.2) is 5.38 Å². The van der Waals surface area contributed by atoms with Gasteiger partial charge >= 0.3 is 0 Å². The van der Waals surface area contributed by atoms with E-state index in [0.29, 0.717) is 0 Å². The lowest BCUT2D eigenvalue weighted by atomic mass is 9.96. The molecule has 1 aliphatic rings. The van der Waals surface area contributed by atoms with E-state index in [0.717, 1.165) is 18.2 Å². The minimum absolute atomic E-state index is 0. The summed E-state index contributed by atoms with van der Waals surface area (Å²) in [6.45, 7) is 9.96. The zero-order valence-electron chi connectivity index (χ0n) is 11.5. The molecular weight excluding hydrogens is 266 g/mol. The van der Waals surface area contributed by atoms with E-state index < -0.39 is 0 Å². The summed E-state index contributed by atoms with van der Waals surface area (Å²) in [5, 5.41) is 10.4. The number of aromatic nitrogens is 1. The number of hydrogen-bond acceptors (Lipinski definition) is 4. The Hall–Kier alpha value is -0.160. The summed E-state index contributed by atoms with van der Waals surface area (Å²) in [4.78, 5) is 4.59. The minimum atomic E-state index is 0. The van der Waals surface area contributed by atoms with Gasteiger partial charge in [-0.15, -0.1) is 23.7 Å². The smallest absolute Gasteiger partial charge is 0.112 e. The van der Waals surface area contributed by atoms with Crippen LogP contribution in [0.3, 0.4) is 0 Å². The largest absolute Gasteiger partial charge is 0.317 e. The van der Waals surface area contributed by atoms with E-state index in [1.165, 1.54) is 30.9 Å². The number of rotatable bonds is 4. The lowest BCUT2D eigenvalue weighted by Crippen LogP contribution is -2.42. The summed E-state index contributed by atoms with van der Waals surface area (Å²) in [5.74, 6) is 0.816. The quantitative estimate of drug-likeness (QED) is 0.895. The van der Waals surface area contributed by atoms with Crippen molar-refractivity contribution < 1.29 is 0 Å². The Kier molecular flexibility index (Phi) is 6.05. The Balaban J connectivity index is 0.00000162. The summed E-state index contributed by atoms with van der Waals surface area (Å²) in [7, 11) is 0. The van der Waals surface area contributed by atoms with E-state index in [2.05, 4.69) is 41.8 Å². The zero-order chi connectivity index (χ0) is 12.3. The van der Waals surface area contributed by atoms with E-state index in [-0.39, 0.29) is 17.9 Å². The number of halogens is 1. The Bertz CT molecular complexity index is 359. The Labute approximate surface area is 120 Å². The lowest BCUT2D eigenvalue weighted by molar-refractivity contribution is 0.304. The average Bonchev–Trinajstić information content (AvgIpc) is 2.76. The molecule has 2 rings (SSSR count). The van der Waals surface area contributed by atoms with Gasteiger partial charge in [0.25, 0.3) is 0 Å². The molecule has 18 heavy (non-hydrogen) atoms. The van der Waals surface area contributed by atoms with Gasteiger partial charge in [-0.05, 0) is 59.2 Å². The highest BCUT2D eigenvalue weighted by atomic mass is 35.5. The monoisotopic (exact) mass is 289 g/mol. The molecule has 0 bridgehead atoms. The molecule has 5 heteroatoms. The van der Waals surface area contributed by atoms with Crippen molar-refractivity contribution in [1.29, 1.82) is 0 Å². The lowest BCUT2D eigenvalue weighted by Gasteiger charge is -2.29. The van der Waals surface area contributed by atoms with Gasteiger partial charge in [-0.25, -0.2) is 4.98 Å². The topological polar surface area (TPSA) is 37.0 Å². The SMILES string of the molecule is Cc1csc(C(C)(C)NCC2CCNCC2)n1.Cl. The van der Waals surface area contributed by atoms with Crippen LogP contribution >= 0.6 is 23.7 Å². The van der Waals surface area contributed by atoms with Crippen LogP contribution in [0.2, 0.25) is 0 Å². The van der Waals surface area contributed by atoms with Crippen LogP contribution in [0.25, 0.3) is 0 Å². The molecule has 0 spiro atoms. The molecule has 0 atom stereocenters. The summed E-state index contributed by atoms with van der Waals surface area (Å²) in [6, 6.07) is 0. The van der Waals surface area contributed by atoms with Crippen LogP contribution < -0.4 is 10.6 Å². The van der Waals surface area contributed by atoms with Crippen molar-refractivity contribution in [3.8, 4) is 0 Å². The van der Waals surface area contributed by atoms with Crippen molar-refractivity contribution in [2.45, 2.75) is 39.2 Å². The number of piperidine rings is 1. The third kappa shape index (κ3) is 4.19. The van der Waals surface area contributed by atoms with Crippen molar-refractivity contribution in [3.05, 3.63) is 16.1 Å². The average molecular weight is 290 g/mol. The first-order valence-electron chi connectivity index (χ1n) is 6.46. The third-order valence-corrected chi connectivity index (χ3v) is 4.73. The summed E-state index contributed by atoms with van der Waals surface area (Å²) >= 11 is 1.76. The van der Waals surface area contributed by atoms with Crippen LogP contribution in [0, 0.1) is 12.8 Å². The maximum atomic E-state index is 4.59. The molecule has 3 nitrogen and oxygen atoms in total. The minimum Gasteiger partial charge on any atom is -0.317 e. The van der Waals surface area contributed by atoms with Gasteiger partial charge in [0.1, 0.15) is 5.01 Å². The predicted molar refractivity (Wildman–Crippen MR) is 80.7 cm³/mol. The van der Waals surface area contributed by atoms with Crippen LogP contribution in [0.1, 0.15) is 37.4 Å². The summed E-state index contributed by atoms with van der Waals surface area (Å²) in [6.07, 6.45) is 2.58. The Morgan fingerprint density at radius 1 is 1.44 bits per heavy atom. The number of nitrogens with one attached hydrogen (secondary N) is 2. The van der Waals surface area contributed by atoms with E-state index in [9.17, 15) is 0 Å². The van der Waals surface area contributed by atoms with Gasteiger partial charge in [0.05, 0.1) is 5.54 Å². The molecule has 0 unspecified atom stereocenters. The standard InChI is InChI=1S/C13H23N3S.ClH/c1-10-9-17-12(16-10)13(2,3)15-8-11-4-6-14-7-5-11;/h9,11,14-15H,4-8H2,1-3H3;1H. The zero-order valence-corrected chi connectivity index (χ0v) is 13.1. The maximum Gasteiger partial charge on any atom is 0.112 e. The molecule has 0 aliphatic carbocycles. The van der Waals surface area contributed by atoms with Gasteiger partial charge in [0, 0.05) is 11.1 Å². The van der Waals surface area contributed by atoms with E-state index >= 15 is 0 Å². The molecule has 1 aromatic rings. The van der Waals surface area contributed by atoms with Gasteiger partial charge in [0.15, 0.2) is 0 Å². The second kappa shape index (κ2) is 6.85. The van der Waals surface area contributed by atoms with Gasteiger partial charge in [-0.1, -0.05) is 0 Å². The molecule has 0 radical (unpaired) electrons. The maximum absolute atomic E-state index is 4.59. The van der Waals surface area contributed by atoms with E-state index in [4.69, 9.17) is 0 Å². The van der Waals surface area contributed by atoms with Gasteiger partial charge < -0.3 is 10.6 Å². The van der Waals surface area contributed by atoms with Crippen LogP contribution in [0.5, 0.6) is 0 Å². The highest BCUT2D eigenvalue weighted by molar-refractivity contribution is 7.09. The molecule has 104 valence electrons. The molecule has 0 saturated carbocycles. The molecule has 0 aromatic carbocycles. The highest BCUT2D eigenvalue weighted by Gasteiger charge is 2.25. The van der Waals surface area contributed by atoms with Gasteiger partial charge in [0.2, 0.25) is 0 Å². The van der Waals surface area contributed by atoms with Crippen molar-refractivity contribution in [2.75, 3.05) is 19.6 Å². The molecule has 2 N–H and O–H groups in total. The summed E-state index contributed by atoms with van der Waals surface area (Å²) < 4.78 is 0. The van der Waals surface area contributed by atoms with E-state index in [1.54, 1.807) is 11.3 Å². The van der Waals surface area contributed by atoms with Crippen molar-refractivity contribution in [2.24, 2.45) is 5.92 Å². The highest BCUT2D eigenvalue weighted by Crippen LogP contribution is 2.24. The van der Waals surface area contributed by atoms with Crippen molar-refractivity contribution >= 4 is 23.7 Å². The Morgan fingerprint density at radius 2 is 2.11 bits per heavy atom. The molecular formula is C13H24ClN3S. The molecule has 1 aromatic heterocycles. The fourth-order valence-electron chi connectivity index (χ4n) is 2.20. The fourth-order valence-corrected chi connectivity index (χ4v) is 3.10. The van der Waals surface area contributed by atoms with Crippen LogP contribution in [-0.4, -0.2) is 24.6 Å². The van der Waals surface area contributed by atoms with Crippen molar-refractivity contribution in [3.63, 3.8) is 0 Å². The fraction of sp³-hybridized carbons (Fsp3) is 0.769. The Morgan fingerprint density at radius 3 is 2.67 bits per heavy atom. The van der Waals surface area contributed by atoms with Crippen LogP contribution in [0.4, 0.5) is 0 Å². The molecule has 1 aliphatic heterocycles. The number of thiazole rings is 1.